The fourth-order valence-corrected chi connectivity index (χ4v) is 7.00. The van der Waals surface area contributed by atoms with E-state index < -0.39 is 35.0 Å². The van der Waals surface area contributed by atoms with Crippen molar-refractivity contribution >= 4 is 23.5 Å². The Kier molecular flexibility index (Phi) is 7.05. The lowest BCUT2D eigenvalue weighted by Gasteiger charge is -2.38. The van der Waals surface area contributed by atoms with Crippen LogP contribution in [0.2, 0.25) is 0 Å². The lowest BCUT2D eigenvalue weighted by molar-refractivity contribution is -0.156. The minimum atomic E-state index is -1.20. The Labute approximate surface area is 212 Å². The van der Waals surface area contributed by atoms with E-state index in [4.69, 9.17) is 4.74 Å². The van der Waals surface area contributed by atoms with Gasteiger partial charge in [-0.2, -0.15) is 0 Å². The number of aliphatic hydroxyl groups is 1. The minimum Gasteiger partial charge on any atom is -0.481 e. The summed E-state index contributed by atoms with van der Waals surface area (Å²) >= 11 is 0. The summed E-state index contributed by atoms with van der Waals surface area (Å²) in [7, 11) is 0. The molecule has 36 heavy (non-hydrogen) atoms. The number of nitrogens with zero attached hydrogens (tertiary/aromatic N) is 2. The zero-order valence-corrected chi connectivity index (χ0v) is 21.7. The molecule has 8 heteroatoms. The van der Waals surface area contributed by atoms with Gasteiger partial charge in [0.05, 0.1) is 11.5 Å². The van der Waals surface area contributed by atoms with Crippen molar-refractivity contribution in [3.05, 3.63) is 42.0 Å². The highest BCUT2D eigenvalue weighted by Gasteiger charge is 2.80. The highest BCUT2D eigenvalue weighted by atomic mass is 16.5. The predicted octanol–water partition coefficient (Wildman–Crippen LogP) is 3.08. The van der Waals surface area contributed by atoms with E-state index >= 15 is 0 Å². The van der Waals surface area contributed by atoms with Crippen LogP contribution in [-0.4, -0.2) is 69.8 Å². The maximum Gasteiger partial charge on any atom is 0.310 e. The van der Waals surface area contributed by atoms with Crippen LogP contribution in [0, 0.1) is 31.6 Å². The number of rotatable bonds is 10. The van der Waals surface area contributed by atoms with E-state index in [0.717, 1.165) is 16.8 Å². The zero-order chi connectivity index (χ0) is 26.4. The van der Waals surface area contributed by atoms with Crippen molar-refractivity contribution in [1.82, 2.24) is 4.90 Å². The minimum absolute atomic E-state index is 0.0581. The van der Waals surface area contributed by atoms with Crippen molar-refractivity contribution in [3.63, 3.8) is 0 Å². The summed E-state index contributed by atoms with van der Waals surface area (Å²) in [6, 6.07) is 4.89. The molecule has 0 aliphatic carbocycles. The lowest BCUT2D eigenvalue weighted by Crippen LogP contribution is -2.57. The Morgan fingerprint density at radius 1 is 1.25 bits per heavy atom. The van der Waals surface area contributed by atoms with Crippen LogP contribution < -0.4 is 4.90 Å². The Morgan fingerprint density at radius 2 is 1.92 bits per heavy atom. The average Bonchev–Trinajstić information content (AvgIpc) is 3.32. The van der Waals surface area contributed by atoms with Crippen LogP contribution in [0.25, 0.3) is 0 Å². The van der Waals surface area contributed by atoms with E-state index in [2.05, 4.69) is 6.58 Å². The molecule has 2 bridgehead atoms. The molecule has 6 atom stereocenters. The summed E-state index contributed by atoms with van der Waals surface area (Å²) in [6.07, 6.45) is 4.02. The van der Waals surface area contributed by atoms with Gasteiger partial charge in [-0.1, -0.05) is 31.2 Å². The van der Waals surface area contributed by atoms with Gasteiger partial charge in [-0.25, -0.2) is 0 Å². The lowest BCUT2D eigenvalue weighted by atomic mass is 9.62. The third-order valence-electron chi connectivity index (χ3n) is 8.66. The van der Waals surface area contributed by atoms with Crippen molar-refractivity contribution < 1.29 is 29.3 Å². The first kappa shape index (κ1) is 26.4. The van der Waals surface area contributed by atoms with Crippen molar-refractivity contribution in [2.75, 3.05) is 24.6 Å². The zero-order valence-electron chi connectivity index (χ0n) is 21.7. The first-order valence-electron chi connectivity index (χ1n) is 12.9. The number of hydrogen-bond donors (Lipinski definition) is 2. The Hall–Kier alpha value is -2.71. The van der Waals surface area contributed by atoms with Gasteiger partial charge in [0.15, 0.2) is 0 Å². The van der Waals surface area contributed by atoms with Crippen LogP contribution in [0.4, 0.5) is 5.69 Å². The van der Waals surface area contributed by atoms with Crippen LogP contribution in [0.5, 0.6) is 0 Å². The molecule has 2 N–H and O–H groups in total. The molecule has 8 nitrogen and oxygen atoms in total. The summed E-state index contributed by atoms with van der Waals surface area (Å²) in [6.45, 7) is 12.1. The quantitative estimate of drug-likeness (QED) is 0.379. The van der Waals surface area contributed by atoms with Crippen molar-refractivity contribution in [2.45, 2.75) is 70.6 Å². The number of fused-ring (bicyclic) bond motifs is 1. The number of benzene rings is 1. The molecule has 3 saturated heterocycles. The van der Waals surface area contributed by atoms with Gasteiger partial charge < -0.3 is 24.7 Å². The number of unbranched alkanes of at least 4 members (excludes halogenated alkanes) is 2. The van der Waals surface area contributed by atoms with Crippen LogP contribution >= 0.6 is 0 Å². The van der Waals surface area contributed by atoms with Gasteiger partial charge in [0.25, 0.3) is 5.91 Å². The number of carboxylic acids is 1. The third kappa shape index (κ3) is 3.77. The third-order valence-corrected chi connectivity index (χ3v) is 8.66. The molecule has 3 aliphatic heterocycles. The monoisotopic (exact) mass is 498 g/mol. The second kappa shape index (κ2) is 9.63. The van der Waals surface area contributed by atoms with E-state index in [0.29, 0.717) is 32.2 Å². The normalized spacial score (nSPS) is 32.6. The first-order valence-corrected chi connectivity index (χ1v) is 12.9. The summed E-state index contributed by atoms with van der Waals surface area (Å²) in [5.41, 5.74) is 0.418. The predicted molar refractivity (Wildman–Crippen MR) is 136 cm³/mol. The van der Waals surface area contributed by atoms with Crippen LogP contribution in [-0.2, 0) is 19.1 Å². The largest absolute Gasteiger partial charge is 0.481 e. The molecule has 1 aromatic rings. The van der Waals surface area contributed by atoms with Crippen LogP contribution in [0.15, 0.2) is 30.9 Å². The highest BCUT2D eigenvalue weighted by Crippen LogP contribution is 2.65. The summed E-state index contributed by atoms with van der Waals surface area (Å²) in [5.74, 6) is -3.70. The Morgan fingerprint density at radius 3 is 2.50 bits per heavy atom. The molecule has 0 radical (unpaired) electrons. The Bertz CT molecular complexity index is 1050. The number of anilines is 1. The van der Waals surface area contributed by atoms with Crippen LogP contribution in [0.1, 0.15) is 50.7 Å². The fourth-order valence-electron chi connectivity index (χ4n) is 7.00. The number of aliphatic carboxylic acids is 1. The summed E-state index contributed by atoms with van der Waals surface area (Å²) < 4.78 is 6.59. The number of para-hydroxylation sites is 1. The van der Waals surface area contributed by atoms with Gasteiger partial charge in [0, 0.05) is 25.4 Å². The van der Waals surface area contributed by atoms with E-state index in [-0.39, 0.29) is 30.9 Å². The SMILES string of the molecule is C=CCN(C(=O)C1N(CCCCCO)C(=O)[C@@H]2[C@H](C(=O)O)[C@@]3(C)OC12CC3C)c1c(C)cccc1C. The number of hydrogen-bond acceptors (Lipinski definition) is 5. The van der Waals surface area contributed by atoms with Gasteiger partial charge in [-0.3, -0.25) is 14.4 Å². The van der Waals surface area contributed by atoms with Crippen molar-refractivity contribution in [2.24, 2.45) is 17.8 Å². The first-order chi connectivity index (χ1) is 17.0. The smallest absolute Gasteiger partial charge is 0.310 e. The molecule has 1 aromatic carbocycles. The van der Waals surface area contributed by atoms with Gasteiger partial charge in [-0.05, 0) is 63.5 Å². The molecule has 0 saturated carbocycles. The molecule has 0 aromatic heterocycles. The number of likely N-dealkylation sites (tertiary alicyclic amines) is 1. The maximum absolute atomic E-state index is 14.5. The topological polar surface area (TPSA) is 107 Å². The average molecular weight is 499 g/mol. The summed E-state index contributed by atoms with van der Waals surface area (Å²) in [4.78, 5) is 44.1. The maximum atomic E-state index is 14.5. The number of carbonyl (C=O) groups excluding carboxylic acids is 2. The molecule has 2 amide bonds. The highest BCUT2D eigenvalue weighted by molar-refractivity contribution is 6.05. The number of carboxylic acid groups (broad SMARTS) is 1. The molecule has 3 fully saturated rings. The fraction of sp³-hybridized carbons (Fsp3) is 0.607. The number of aliphatic hydroxyl groups excluding tert-OH is 1. The van der Waals surface area contributed by atoms with E-state index in [9.17, 15) is 24.6 Å². The number of carbonyl (C=O) groups is 3. The molecule has 3 heterocycles. The second-order valence-corrected chi connectivity index (χ2v) is 10.8. The number of amides is 2. The van der Waals surface area contributed by atoms with E-state index in [1.54, 1.807) is 22.8 Å². The second-order valence-electron chi connectivity index (χ2n) is 10.8. The molecule has 196 valence electrons. The molecule has 3 aliphatic rings. The summed E-state index contributed by atoms with van der Waals surface area (Å²) in [5, 5.41) is 19.4. The number of ether oxygens (including phenoxy) is 1. The van der Waals surface area contributed by atoms with Crippen molar-refractivity contribution in [1.29, 1.82) is 0 Å². The van der Waals surface area contributed by atoms with Gasteiger partial charge >= 0.3 is 5.97 Å². The standard InChI is InChI=1S/C28H38N2O6/c1-6-13-29(22-17(2)11-10-12-18(22)3)25(33)23-28-16-19(4)27(5,36-28)21(26(34)35)20(28)24(32)30(23)14-8-7-9-15-31/h6,10-12,19-21,23,31H,1,7-9,13-16H2,2-5H3,(H,34,35)/t19?,20-,21+,23?,27-,28?/m0/s1. The molecule has 3 unspecified atom stereocenters. The van der Waals surface area contributed by atoms with Crippen molar-refractivity contribution in [3.8, 4) is 0 Å². The van der Waals surface area contributed by atoms with E-state index in [1.807, 2.05) is 39.0 Å². The van der Waals surface area contributed by atoms with Gasteiger partial charge in [0.2, 0.25) is 5.91 Å². The van der Waals surface area contributed by atoms with Gasteiger partial charge in [-0.15, -0.1) is 6.58 Å². The van der Waals surface area contributed by atoms with Gasteiger partial charge in [0.1, 0.15) is 17.6 Å². The van der Waals surface area contributed by atoms with E-state index in [1.165, 1.54) is 0 Å². The molecular weight excluding hydrogens is 460 g/mol. The number of aryl methyl sites for hydroxylation is 2. The Balaban J connectivity index is 1.82. The molecule has 1 spiro atoms. The molecule has 4 rings (SSSR count). The molecular formula is C28H38N2O6. The van der Waals surface area contributed by atoms with Crippen LogP contribution in [0.3, 0.4) is 0 Å².